The van der Waals surface area contributed by atoms with Gasteiger partial charge in [0.2, 0.25) is 0 Å². The van der Waals surface area contributed by atoms with E-state index in [1.165, 1.54) is 0 Å². The molecule has 0 saturated heterocycles. The van der Waals surface area contributed by atoms with E-state index < -0.39 is 10.0 Å². The first-order valence-corrected chi connectivity index (χ1v) is 9.96. The highest BCUT2D eigenvalue weighted by Gasteiger charge is 2.20. The predicted octanol–water partition coefficient (Wildman–Crippen LogP) is 5.05. The summed E-state index contributed by atoms with van der Waals surface area (Å²) in [5.74, 6) is 1.09. The highest BCUT2D eigenvalue weighted by atomic mass is 32.2. The second kappa shape index (κ2) is 7.48. The number of hydrogen-bond acceptors (Lipinski definition) is 3. The number of ether oxygens (including phenoxy) is 1. The minimum absolute atomic E-state index is 0.162. The van der Waals surface area contributed by atoms with Crippen molar-refractivity contribution in [3.05, 3.63) is 53.1 Å². The van der Waals surface area contributed by atoms with Gasteiger partial charge in [-0.3, -0.25) is 4.72 Å². The van der Waals surface area contributed by atoms with Crippen molar-refractivity contribution in [2.75, 3.05) is 11.8 Å². The third-order valence-electron chi connectivity index (χ3n) is 4.30. The number of hydrogen-bond donors (Lipinski definition) is 1. The van der Waals surface area contributed by atoms with Crippen molar-refractivity contribution in [2.45, 2.75) is 51.3 Å². The summed E-state index contributed by atoms with van der Waals surface area (Å²) in [5.41, 5.74) is 3.44. The molecule has 0 atom stereocenters. The Bertz CT molecular complexity index is 855. The van der Waals surface area contributed by atoms with Gasteiger partial charge in [0.15, 0.2) is 0 Å². The summed E-state index contributed by atoms with van der Waals surface area (Å²) in [6.45, 7) is 10.0. The number of sulfonamides is 1. The molecular formula is C20H27NO3S. The third kappa shape index (κ3) is 4.15. The molecule has 0 aliphatic rings. The normalized spacial score (nSPS) is 11.8. The van der Waals surface area contributed by atoms with Crippen LogP contribution in [0.3, 0.4) is 0 Å². The fraction of sp³-hybridized carbons (Fsp3) is 0.400. The molecule has 0 unspecified atom stereocenters. The lowest BCUT2D eigenvalue weighted by atomic mass is 9.99. The van der Waals surface area contributed by atoms with Crippen molar-refractivity contribution in [3.8, 4) is 5.75 Å². The van der Waals surface area contributed by atoms with Crippen LogP contribution in [0.1, 0.15) is 56.2 Å². The summed E-state index contributed by atoms with van der Waals surface area (Å²) < 4.78 is 34.0. The number of para-hydroxylation sites is 1. The summed E-state index contributed by atoms with van der Waals surface area (Å²) in [4.78, 5) is 0.245. The fourth-order valence-corrected chi connectivity index (χ4v) is 4.03. The molecule has 0 saturated carbocycles. The van der Waals surface area contributed by atoms with Gasteiger partial charge in [0.05, 0.1) is 17.7 Å². The van der Waals surface area contributed by atoms with Gasteiger partial charge in [-0.05, 0) is 53.6 Å². The van der Waals surface area contributed by atoms with E-state index in [2.05, 4.69) is 18.6 Å². The van der Waals surface area contributed by atoms with E-state index >= 15 is 0 Å². The molecule has 2 aromatic rings. The number of methoxy groups -OCH3 is 1. The summed E-state index contributed by atoms with van der Waals surface area (Å²) in [5, 5.41) is 0. The summed E-state index contributed by atoms with van der Waals surface area (Å²) in [7, 11) is -2.09. The molecule has 0 aliphatic carbocycles. The quantitative estimate of drug-likeness (QED) is 0.783. The van der Waals surface area contributed by atoms with Crippen LogP contribution < -0.4 is 9.46 Å². The lowest BCUT2D eigenvalue weighted by molar-refractivity contribution is 0.407. The van der Waals surface area contributed by atoms with Crippen LogP contribution in [-0.4, -0.2) is 15.5 Å². The van der Waals surface area contributed by atoms with Crippen LogP contribution in [0, 0.1) is 6.92 Å². The molecule has 0 fully saturated rings. The Kier molecular flexibility index (Phi) is 5.78. The number of rotatable bonds is 6. The van der Waals surface area contributed by atoms with E-state index in [9.17, 15) is 8.42 Å². The molecule has 2 aromatic carbocycles. The Morgan fingerprint density at radius 3 is 2.16 bits per heavy atom. The number of anilines is 1. The van der Waals surface area contributed by atoms with Gasteiger partial charge in [-0.2, -0.15) is 0 Å². The van der Waals surface area contributed by atoms with Gasteiger partial charge in [0.25, 0.3) is 10.0 Å². The maximum atomic E-state index is 13.0. The minimum atomic E-state index is -3.68. The van der Waals surface area contributed by atoms with Crippen molar-refractivity contribution >= 4 is 15.7 Å². The zero-order valence-electron chi connectivity index (χ0n) is 15.8. The molecule has 1 N–H and O–H groups in total. The molecule has 2 rings (SSSR count). The zero-order valence-corrected chi connectivity index (χ0v) is 16.6. The van der Waals surface area contributed by atoms with Crippen LogP contribution in [0.2, 0.25) is 0 Å². The summed E-state index contributed by atoms with van der Waals surface area (Å²) >= 11 is 0. The van der Waals surface area contributed by atoms with Crippen LogP contribution in [0.4, 0.5) is 5.69 Å². The van der Waals surface area contributed by atoms with E-state index in [1.807, 2.05) is 39.0 Å². The van der Waals surface area contributed by atoms with E-state index in [0.29, 0.717) is 11.4 Å². The van der Waals surface area contributed by atoms with Crippen molar-refractivity contribution in [1.82, 2.24) is 0 Å². The first kappa shape index (κ1) is 19.3. The molecule has 0 heterocycles. The lowest BCUT2D eigenvalue weighted by Gasteiger charge is -2.18. The van der Waals surface area contributed by atoms with Crippen molar-refractivity contribution in [1.29, 1.82) is 0 Å². The largest absolute Gasteiger partial charge is 0.496 e. The van der Waals surface area contributed by atoms with E-state index in [1.54, 1.807) is 25.3 Å². The summed E-state index contributed by atoms with van der Waals surface area (Å²) in [6.07, 6.45) is 0. The first-order valence-electron chi connectivity index (χ1n) is 8.47. The number of nitrogens with one attached hydrogen (secondary N) is 1. The molecule has 0 aliphatic heterocycles. The topological polar surface area (TPSA) is 55.4 Å². The molecule has 5 heteroatoms. The fourth-order valence-electron chi connectivity index (χ4n) is 2.84. The van der Waals surface area contributed by atoms with E-state index in [0.717, 1.165) is 16.7 Å². The highest BCUT2D eigenvalue weighted by molar-refractivity contribution is 7.92. The van der Waals surface area contributed by atoms with Gasteiger partial charge in [-0.25, -0.2) is 8.42 Å². The molecule has 25 heavy (non-hydrogen) atoms. The molecule has 0 spiro atoms. The molecule has 136 valence electrons. The molecule has 0 radical (unpaired) electrons. The maximum absolute atomic E-state index is 13.0. The van der Waals surface area contributed by atoms with Gasteiger partial charge in [0, 0.05) is 0 Å². The third-order valence-corrected chi connectivity index (χ3v) is 5.64. The smallest absolute Gasteiger partial charge is 0.261 e. The number of aryl methyl sites for hydroxylation is 1. The van der Waals surface area contributed by atoms with Gasteiger partial charge < -0.3 is 4.74 Å². The van der Waals surface area contributed by atoms with Gasteiger partial charge >= 0.3 is 0 Å². The van der Waals surface area contributed by atoms with E-state index in [4.69, 9.17) is 4.74 Å². The summed E-state index contributed by atoms with van der Waals surface area (Å²) in [6, 6.07) is 10.8. The molecule has 0 aromatic heterocycles. The first-order chi connectivity index (χ1) is 11.7. The van der Waals surface area contributed by atoms with Crippen LogP contribution in [0.5, 0.6) is 5.75 Å². The van der Waals surface area contributed by atoms with E-state index in [-0.39, 0.29) is 16.7 Å². The van der Waals surface area contributed by atoms with Crippen LogP contribution in [-0.2, 0) is 10.0 Å². The average molecular weight is 362 g/mol. The Hall–Kier alpha value is -2.01. The Morgan fingerprint density at radius 2 is 1.60 bits per heavy atom. The lowest BCUT2D eigenvalue weighted by Crippen LogP contribution is -2.16. The second-order valence-electron chi connectivity index (χ2n) is 6.86. The molecular weight excluding hydrogens is 334 g/mol. The molecule has 0 bridgehead atoms. The monoisotopic (exact) mass is 361 g/mol. The molecule has 0 amide bonds. The SMILES string of the molecule is COc1ccc(S(=O)(=O)Nc2c(C)cccc2C(C)C)cc1C(C)C. The van der Waals surface area contributed by atoms with Gasteiger partial charge in [-0.1, -0.05) is 45.9 Å². The van der Waals surface area contributed by atoms with Gasteiger partial charge in [0.1, 0.15) is 5.75 Å². The Labute approximate surface area is 151 Å². The standard InChI is InChI=1S/C20H27NO3S/c1-13(2)17-9-7-8-15(5)20(17)21-25(22,23)16-10-11-19(24-6)18(12-16)14(3)4/h7-14,21H,1-6H3. The van der Waals surface area contributed by atoms with Crippen molar-refractivity contribution in [3.63, 3.8) is 0 Å². The predicted molar refractivity (Wildman–Crippen MR) is 103 cm³/mol. The van der Waals surface area contributed by atoms with Crippen molar-refractivity contribution < 1.29 is 13.2 Å². The molecule has 4 nitrogen and oxygen atoms in total. The van der Waals surface area contributed by atoms with Crippen molar-refractivity contribution in [2.24, 2.45) is 0 Å². The second-order valence-corrected chi connectivity index (χ2v) is 8.54. The number of benzene rings is 2. The Morgan fingerprint density at radius 1 is 0.960 bits per heavy atom. The minimum Gasteiger partial charge on any atom is -0.496 e. The average Bonchev–Trinajstić information content (AvgIpc) is 2.55. The zero-order chi connectivity index (χ0) is 18.8. The highest BCUT2D eigenvalue weighted by Crippen LogP contribution is 2.32. The maximum Gasteiger partial charge on any atom is 0.261 e. The van der Waals surface area contributed by atoms with Crippen LogP contribution in [0.15, 0.2) is 41.3 Å². The van der Waals surface area contributed by atoms with Crippen LogP contribution >= 0.6 is 0 Å². The van der Waals surface area contributed by atoms with Gasteiger partial charge in [-0.15, -0.1) is 0 Å². The Balaban J connectivity index is 2.50. The van der Waals surface area contributed by atoms with Crippen LogP contribution in [0.25, 0.3) is 0 Å².